The highest BCUT2D eigenvalue weighted by atomic mass is 31.2. The molecular formula is C44H52NO7PSi. The van der Waals surface area contributed by atoms with Gasteiger partial charge in [-0.1, -0.05) is 142 Å². The van der Waals surface area contributed by atoms with Gasteiger partial charge >= 0.3 is 5.97 Å². The summed E-state index contributed by atoms with van der Waals surface area (Å²) in [5, 5.41) is 24.2. The van der Waals surface area contributed by atoms with Gasteiger partial charge in [0.05, 0.1) is 36.5 Å². The zero-order chi connectivity index (χ0) is 39.3. The Morgan fingerprint density at radius 3 is 1.78 bits per heavy atom. The van der Waals surface area contributed by atoms with Gasteiger partial charge in [-0.3, -0.25) is 14.4 Å². The second-order valence-corrected chi connectivity index (χ2v) is 23.4. The molecule has 0 bridgehead atoms. The molecule has 1 fully saturated rings. The number of carbonyl (C=O) groups excluding carboxylic acids is 2. The standard InChI is InChI=1S/C44H52NO7PSi/c1-8-28-51-43(50)42(53(34-18-12-9-13-19-34,35-20-14-10-15-21-35)36-22-16-11-17-23-36)45-37(30-38(46)33-26-24-32(25-27-33)29-39(47)48)40(41(45)49)31(2)52-54(6,7)44(3,4)5/h8-27,31,37,40,43,50H,1,28-30H2,2-7H3,(H,47,48)/t31-,37-,40-,43?/m1/s1. The van der Waals surface area contributed by atoms with Crippen molar-refractivity contribution in [3.8, 4) is 0 Å². The second kappa shape index (κ2) is 17.0. The number of ketones is 1. The van der Waals surface area contributed by atoms with Crippen molar-refractivity contribution in [3.63, 3.8) is 0 Å². The fourth-order valence-corrected chi connectivity index (χ4v) is 13.0. The number of β-lactam (4-membered cyclic amide) rings is 1. The number of rotatable bonds is 16. The summed E-state index contributed by atoms with van der Waals surface area (Å²) < 4.78 is 13.0. The number of benzene rings is 4. The first-order valence-corrected chi connectivity index (χ1v) is 23.0. The van der Waals surface area contributed by atoms with Crippen LogP contribution in [0.25, 0.3) is 0 Å². The lowest BCUT2D eigenvalue weighted by Crippen LogP contribution is -2.70. The van der Waals surface area contributed by atoms with E-state index in [0.29, 0.717) is 16.5 Å². The number of carboxylic acids is 1. The van der Waals surface area contributed by atoms with Gasteiger partial charge in [0.1, 0.15) is 0 Å². The maximum absolute atomic E-state index is 15.1. The predicted octanol–water partition coefficient (Wildman–Crippen LogP) is 6.77. The van der Waals surface area contributed by atoms with Crippen LogP contribution < -0.4 is 15.9 Å². The van der Waals surface area contributed by atoms with Gasteiger partial charge in [0.25, 0.3) is 0 Å². The number of carboxylic acid groups (broad SMARTS) is 1. The minimum atomic E-state index is -3.10. The Balaban J connectivity index is 1.80. The molecule has 0 radical (unpaired) electrons. The Morgan fingerprint density at radius 1 is 0.870 bits per heavy atom. The highest BCUT2D eigenvalue weighted by Gasteiger charge is 2.57. The van der Waals surface area contributed by atoms with Crippen LogP contribution in [0, 0.1) is 5.92 Å². The summed E-state index contributed by atoms with van der Waals surface area (Å²) in [6.45, 7) is 13.4. The molecule has 1 unspecified atom stereocenters. The maximum Gasteiger partial charge on any atom is 0.307 e. The molecule has 4 atom stereocenters. The first-order valence-electron chi connectivity index (χ1n) is 18.3. The molecule has 284 valence electrons. The van der Waals surface area contributed by atoms with Gasteiger partial charge in [-0.15, -0.1) is 6.58 Å². The number of aliphatic hydroxyl groups is 1. The Morgan fingerprint density at radius 2 is 1.35 bits per heavy atom. The topological polar surface area (TPSA) is 113 Å². The number of aliphatic carboxylic acids is 1. The van der Waals surface area contributed by atoms with Gasteiger partial charge in [-0.25, -0.2) is 0 Å². The number of Topliss-reactive ketones (excluding diaryl/α,β-unsaturated/α-hetero) is 1. The summed E-state index contributed by atoms with van der Waals surface area (Å²) in [6.07, 6.45) is -0.744. The summed E-state index contributed by atoms with van der Waals surface area (Å²) in [6, 6.07) is 35.6. The Bertz CT molecular complexity index is 1890. The van der Waals surface area contributed by atoms with Crippen LogP contribution in [0.2, 0.25) is 18.1 Å². The predicted molar refractivity (Wildman–Crippen MR) is 221 cm³/mol. The van der Waals surface area contributed by atoms with E-state index >= 15 is 4.79 Å². The summed E-state index contributed by atoms with van der Waals surface area (Å²) in [7, 11) is -2.37. The summed E-state index contributed by atoms with van der Waals surface area (Å²) >= 11 is 0. The van der Waals surface area contributed by atoms with Crippen LogP contribution in [-0.2, 0) is 25.2 Å². The Kier molecular flexibility index (Phi) is 12.8. The lowest BCUT2D eigenvalue weighted by atomic mass is 9.79. The van der Waals surface area contributed by atoms with Crippen LogP contribution in [0.1, 0.15) is 50.0 Å². The zero-order valence-corrected chi connectivity index (χ0v) is 33.9. The van der Waals surface area contributed by atoms with Crippen molar-refractivity contribution in [2.24, 2.45) is 5.92 Å². The van der Waals surface area contributed by atoms with Crippen LogP contribution in [0.3, 0.4) is 0 Å². The third-order valence-corrected chi connectivity index (χ3v) is 19.6. The Labute approximate surface area is 320 Å². The van der Waals surface area contributed by atoms with Gasteiger partial charge in [-0.05, 0) is 46.5 Å². The van der Waals surface area contributed by atoms with Gasteiger partial charge in [0.2, 0.25) is 5.91 Å². The molecule has 4 aromatic rings. The van der Waals surface area contributed by atoms with E-state index < -0.39 is 45.5 Å². The van der Waals surface area contributed by atoms with Gasteiger partial charge < -0.3 is 24.3 Å². The average molecular weight is 766 g/mol. The number of carbonyl (C=O) groups is 3. The van der Waals surface area contributed by atoms with E-state index in [1.54, 1.807) is 35.2 Å². The molecule has 2 N–H and O–H groups in total. The zero-order valence-electron chi connectivity index (χ0n) is 32.0. The van der Waals surface area contributed by atoms with Crippen LogP contribution in [0.5, 0.6) is 0 Å². The fourth-order valence-electron chi connectivity index (χ4n) is 7.07. The monoisotopic (exact) mass is 765 g/mol. The lowest BCUT2D eigenvalue weighted by Gasteiger charge is -2.54. The van der Waals surface area contributed by atoms with Crippen LogP contribution in [0.4, 0.5) is 0 Å². The third-order valence-electron chi connectivity index (χ3n) is 10.7. The molecule has 0 aromatic heterocycles. The van der Waals surface area contributed by atoms with E-state index in [-0.39, 0.29) is 36.2 Å². The van der Waals surface area contributed by atoms with E-state index in [2.05, 4.69) is 40.4 Å². The molecule has 1 aliphatic rings. The highest BCUT2D eigenvalue weighted by Crippen LogP contribution is 2.51. The van der Waals surface area contributed by atoms with Crippen molar-refractivity contribution < 1.29 is 33.8 Å². The lowest BCUT2D eigenvalue weighted by molar-refractivity contribution is -0.156. The molecule has 4 aromatic carbocycles. The normalized spacial score (nSPS) is 17.3. The van der Waals surface area contributed by atoms with Crippen molar-refractivity contribution in [1.29, 1.82) is 0 Å². The SMILES string of the molecule is C=CCOC(O)C(N1C(=O)[C@H]([C@@H](C)O[Si](C)(C)C(C)(C)C)[C@H]1CC(=O)c1ccc(CC(=O)O)cc1)=P(c1ccccc1)(c1ccccc1)c1ccccc1. The fraction of sp³-hybridized carbons (Fsp3) is 0.318. The van der Waals surface area contributed by atoms with E-state index in [9.17, 15) is 19.8 Å². The molecule has 5 rings (SSSR count). The molecule has 1 aliphatic heterocycles. The first kappa shape index (κ1) is 40.8. The average Bonchev–Trinajstić information content (AvgIpc) is 3.14. The summed E-state index contributed by atoms with van der Waals surface area (Å²) in [5.74, 6) is -2.12. The van der Waals surface area contributed by atoms with Gasteiger partial charge in [0, 0.05) is 18.9 Å². The molecular weight excluding hydrogens is 714 g/mol. The van der Waals surface area contributed by atoms with Crippen molar-refractivity contribution in [1.82, 2.24) is 4.90 Å². The molecule has 8 nitrogen and oxygen atoms in total. The highest BCUT2D eigenvalue weighted by molar-refractivity contribution is 7.95. The quantitative estimate of drug-likeness (QED) is 0.0324. The molecule has 10 heteroatoms. The molecule has 0 spiro atoms. The van der Waals surface area contributed by atoms with E-state index in [4.69, 9.17) is 9.16 Å². The minimum absolute atomic E-state index is 0.0195. The number of likely N-dealkylation sites (tertiary alicyclic amines) is 1. The number of ether oxygens (including phenoxy) is 1. The second-order valence-electron chi connectivity index (χ2n) is 15.3. The number of hydrogen-bond acceptors (Lipinski definition) is 6. The molecule has 1 heterocycles. The number of aliphatic hydroxyl groups excluding tert-OH is 1. The van der Waals surface area contributed by atoms with Crippen LogP contribution in [-0.4, -0.2) is 71.6 Å². The van der Waals surface area contributed by atoms with Gasteiger partial charge in [0.15, 0.2) is 20.4 Å². The van der Waals surface area contributed by atoms with E-state index in [0.717, 1.165) is 15.9 Å². The number of nitrogens with zero attached hydrogens (tertiary/aromatic N) is 1. The van der Waals surface area contributed by atoms with Crippen LogP contribution in [0.15, 0.2) is 128 Å². The molecule has 0 aliphatic carbocycles. The van der Waals surface area contributed by atoms with E-state index in [1.165, 1.54) is 0 Å². The summed E-state index contributed by atoms with van der Waals surface area (Å²) in [5.41, 5.74) is 1.36. The molecule has 0 saturated carbocycles. The largest absolute Gasteiger partial charge is 0.481 e. The molecule has 54 heavy (non-hydrogen) atoms. The maximum atomic E-state index is 15.1. The van der Waals surface area contributed by atoms with Crippen molar-refractivity contribution in [2.45, 2.75) is 77.1 Å². The van der Waals surface area contributed by atoms with Crippen molar-refractivity contribution in [2.75, 3.05) is 6.61 Å². The molecule has 1 amide bonds. The van der Waals surface area contributed by atoms with Crippen molar-refractivity contribution in [3.05, 3.63) is 139 Å². The smallest absolute Gasteiger partial charge is 0.307 e. The van der Waals surface area contributed by atoms with E-state index in [1.807, 2.05) is 97.9 Å². The molecule has 1 saturated heterocycles. The first-order chi connectivity index (χ1) is 25.6. The van der Waals surface area contributed by atoms with Crippen molar-refractivity contribution >= 4 is 54.2 Å². The van der Waals surface area contributed by atoms with Gasteiger partial charge in [-0.2, -0.15) is 0 Å². The number of amides is 1. The third kappa shape index (κ3) is 8.31. The number of hydrogen-bond donors (Lipinski definition) is 2. The van der Waals surface area contributed by atoms with Crippen LogP contribution >= 0.6 is 6.89 Å². The summed E-state index contributed by atoms with van der Waals surface area (Å²) in [4.78, 5) is 42.3. The minimum Gasteiger partial charge on any atom is -0.481 e. The Hall–Kier alpha value is -4.37.